The van der Waals surface area contributed by atoms with E-state index in [2.05, 4.69) is 5.92 Å². The number of hydrogen-bond acceptors (Lipinski definition) is 5. The van der Waals surface area contributed by atoms with E-state index in [9.17, 15) is 9.59 Å². The molecule has 148 valence electrons. The minimum atomic E-state index is -0.247. The maximum Gasteiger partial charge on any atom is 0.293 e. The number of terminal acetylenes is 1. The van der Waals surface area contributed by atoms with Gasteiger partial charge in [-0.1, -0.05) is 36.8 Å². The molecule has 0 bridgehead atoms. The van der Waals surface area contributed by atoms with Gasteiger partial charge in [0.05, 0.1) is 17.0 Å². The van der Waals surface area contributed by atoms with Crippen LogP contribution in [0.4, 0.5) is 4.79 Å². The number of carbonyl (C=O) groups is 2. The molecule has 1 saturated carbocycles. The summed E-state index contributed by atoms with van der Waals surface area (Å²) in [5, 5.41) is 0.108. The first-order valence-corrected chi connectivity index (χ1v) is 10.4. The van der Waals surface area contributed by atoms with Crippen molar-refractivity contribution in [2.45, 2.75) is 32.1 Å². The number of nitrogens with zero attached hydrogens (tertiary/aromatic N) is 1. The van der Waals surface area contributed by atoms with Gasteiger partial charge in [0.1, 0.15) is 6.61 Å². The van der Waals surface area contributed by atoms with Gasteiger partial charge >= 0.3 is 0 Å². The second-order valence-electron chi connectivity index (χ2n) is 6.82. The summed E-state index contributed by atoms with van der Waals surface area (Å²) in [5.74, 6) is 3.30. The Labute approximate surface area is 174 Å². The Morgan fingerprint density at radius 3 is 2.75 bits per heavy atom. The van der Waals surface area contributed by atoms with Crippen LogP contribution >= 0.6 is 23.4 Å². The van der Waals surface area contributed by atoms with Crippen LogP contribution in [0.15, 0.2) is 17.0 Å². The Bertz CT molecular complexity index is 840. The average molecular weight is 420 g/mol. The van der Waals surface area contributed by atoms with Gasteiger partial charge in [0, 0.05) is 6.54 Å². The second kappa shape index (κ2) is 9.40. The van der Waals surface area contributed by atoms with E-state index >= 15 is 0 Å². The van der Waals surface area contributed by atoms with Crippen LogP contribution in [0.25, 0.3) is 6.08 Å². The minimum Gasteiger partial charge on any atom is -0.493 e. The molecule has 0 atom stereocenters. The van der Waals surface area contributed by atoms with Crippen molar-refractivity contribution in [2.24, 2.45) is 5.92 Å². The van der Waals surface area contributed by atoms with Crippen molar-refractivity contribution in [3.05, 3.63) is 27.6 Å². The maximum atomic E-state index is 12.7. The Morgan fingerprint density at radius 1 is 1.32 bits per heavy atom. The molecule has 0 unspecified atom stereocenters. The Balaban J connectivity index is 1.79. The largest absolute Gasteiger partial charge is 0.493 e. The van der Waals surface area contributed by atoms with Crippen LogP contribution in [-0.4, -0.2) is 36.3 Å². The molecule has 1 aliphatic carbocycles. The first-order valence-electron chi connectivity index (χ1n) is 9.22. The highest BCUT2D eigenvalue weighted by molar-refractivity contribution is 8.18. The molecule has 1 aromatic rings. The van der Waals surface area contributed by atoms with Gasteiger partial charge in [0.2, 0.25) is 0 Å². The van der Waals surface area contributed by atoms with E-state index in [4.69, 9.17) is 27.5 Å². The van der Waals surface area contributed by atoms with Crippen LogP contribution in [0.5, 0.6) is 11.5 Å². The molecule has 1 saturated heterocycles. The van der Waals surface area contributed by atoms with Gasteiger partial charge in [0.15, 0.2) is 11.5 Å². The maximum absolute atomic E-state index is 12.7. The number of halogens is 1. The topological polar surface area (TPSA) is 55.8 Å². The van der Waals surface area contributed by atoms with Gasteiger partial charge in [0.25, 0.3) is 11.1 Å². The van der Waals surface area contributed by atoms with Crippen molar-refractivity contribution in [1.29, 1.82) is 0 Å². The second-order valence-corrected chi connectivity index (χ2v) is 8.22. The van der Waals surface area contributed by atoms with Gasteiger partial charge in [-0.05, 0) is 54.3 Å². The van der Waals surface area contributed by atoms with Crippen LogP contribution in [0.1, 0.15) is 37.7 Å². The van der Waals surface area contributed by atoms with Gasteiger partial charge in [-0.25, -0.2) is 0 Å². The van der Waals surface area contributed by atoms with E-state index in [0.29, 0.717) is 39.5 Å². The molecule has 1 aromatic carbocycles. The lowest BCUT2D eigenvalue weighted by Crippen LogP contribution is -2.34. The number of thioether (sulfide) groups is 1. The SMILES string of the molecule is C#CCOc1c(Cl)cc(/C=C2/SC(=O)N(CC3CCCCC3)C2=O)cc1OC. The fraction of sp³-hybridized carbons (Fsp3) is 0.429. The third kappa shape index (κ3) is 4.65. The molecule has 7 heteroatoms. The van der Waals surface area contributed by atoms with Crippen LogP contribution < -0.4 is 9.47 Å². The van der Waals surface area contributed by atoms with Crippen LogP contribution in [0.3, 0.4) is 0 Å². The monoisotopic (exact) mass is 419 g/mol. The summed E-state index contributed by atoms with van der Waals surface area (Å²) in [5.41, 5.74) is 0.651. The molecule has 0 N–H and O–H groups in total. The van der Waals surface area contributed by atoms with Crippen LogP contribution in [0.2, 0.25) is 5.02 Å². The van der Waals surface area contributed by atoms with E-state index in [0.717, 1.165) is 24.6 Å². The van der Waals surface area contributed by atoms with Gasteiger partial charge < -0.3 is 9.47 Å². The Hall–Kier alpha value is -2.10. The van der Waals surface area contributed by atoms with E-state index in [1.54, 1.807) is 18.2 Å². The van der Waals surface area contributed by atoms with E-state index in [-0.39, 0.29) is 17.8 Å². The normalized spacial score (nSPS) is 19.2. The van der Waals surface area contributed by atoms with Crippen molar-refractivity contribution < 1.29 is 19.1 Å². The van der Waals surface area contributed by atoms with E-state index in [1.807, 2.05) is 0 Å². The minimum absolute atomic E-state index is 0.0650. The highest BCUT2D eigenvalue weighted by Crippen LogP contribution is 2.39. The molecule has 5 nitrogen and oxygen atoms in total. The first-order chi connectivity index (χ1) is 13.5. The number of amides is 2. The van der Waals surface area contributed by atoms with E-state index in [1.165, 1.54) is 31.3 Å². The molecule has 2 amide bonds. The predicted octanol–water partition coefficient (Wildman–Crippen LogP) is 4.98. The zero-order valence-corrected chi connectivity index (χ0v) is 17.3. The zero-order valence-electron chi connectivity index (χ0n) is 15.7. The van der Waals surface area contributed by atoms with Gasteiger partial charge in [-0.3, -0.25) is 14.5 Å². The van der Waals surface area contributed by atoms with Crippen molar-refractivity contribution in [1.82, 2.24) is 4.90 Å². The zero-order chi connectivity index (χ0) is 20.1. The number of hydrogen-bond donors (Lipinski definition) is 0. The van der Waals surface area contributed by atoms with Crippen LogP contribution in [-0.2, 0) is 4.79 Å². The molecule has 0 spiro atoms. The third-order valence-electron chi connectivity index (χ3n) is 4.89. The summed E-state index contributed by atoms with van der Waals surface area (Å²) in [7, 11) is 1.50. The number of rotatable bonds is 6. The fourth-order valence-corrected chi connectivity index (χ4v) is 4.64. The van der Waals surface area contributed by atoms with Crippen molar-refractivity contribution in [3.8, 4) is 23.8 Å². The lowest BCUT2D eigenvalue weighted by molar-refractivity contribution is -0.123. The number of ether oxygens (including phenoxy) is 2. The lowest BCUT2D eigenvalue weighted by Gasteiger charge is -2.25. The fourth-order valence-electron chi connectivity index (χ4n) is 3.51. The van der Waals surface area contributed by atoms with Gasteiger partial charge in [-0.15, -0.1) is 6.42 Å². The lowest BCUT2D eigenvalue weighted by atomic mass is 9.89. The van der Waals surface area contributed by atoms with Crippen molar-refractivity contribution >= 4 is 40.6 Å². The Kier molecular flexibility index (Phi) is 6.93. The van der Waals surface area contributed by atoms with Gasteiger partial charge in [-0.2, -0.15) is 0 Å². The molecule has 3 rings (SSSR count). The predicted molar refractivity (Wildman–Crippen MR) is 112 cm³/mol. The summed E-state index contributed by atoms with van der Waals surface area (Å²) >= 11 is 7.24. The summed E-state index contributed by atoms with van der Waals surface area (Å²) in [6.45, 7) is 0.570. The number of carbonyl (C=O) groups excluding carboxylic acids is 2. The molecule has 0 radical (unpaired) electrons. The number of methoxy groups -OCH3 is 1. The first kappa shape index (κ1) is 20.6. The molecule has 2 fully saturated rings. The highest BCUT2D eigenvalue weighted by Gasteiger charge is 2.36. The van der Waals surface area contributed by atoms with E-state index < -0.39 is 0 Å². The van der Waals surface area contributed by atoms with Crippen molar-refractivity contribution in [3.63, 3.8) is 0 Å². The average Bonchev–Trinajstić information content (AvgIpc) is 2.95. The molecule has 28 heavy (non-hydrogen) atoms. The molecule has 1 heterocycles. The summed E-state index contributed by atoms with van der Waals surface area (Å²) < 4.78 is 10.7. The van der Waals surface area contributed by atoms with Crippen LogP contribution in [0, 0.1) is 18.3 Å². The molecule has 0 aromatic heterocycles. The molecule has 2 aliphatic rings. The highest BCUT2D eigenvalue weighted by atomic mass is 35.5. The number of imide groups is 1. The van der Waals surface area contributed by atoms with Crippen molar-refractivity contribution in [2.75, 3.05) is 20.3 Å². The Morgan fingerprint density at radius 2 is 2.07 bits per heavy atom. The molecular weight excluding hydrogens is 398 g/mol. The summed E-state index contributed by atoms with van der Waals surface area (Å²) in [4.78, 5) is 26.9. The standard InChI is InChI=1S/C21H22ClNO4S/c1-3-9-27-19-16(22)10-15(11-17(19)26-2)12-18-20(24)23(21(25)28-18)13-14-7-5-4-6-8-14/h1,10-12,14H,4-9,13H2,2H3/b18-12+. The smallest absolute Gasteiger partial charge is 0.293 e. The summed E-state index contributed by atoms with van der Waals surface area (Å²) in [6.07, 6.45) is 12.6. The number of benzene rings is 1. The summed E-state index contributed by atoms with van der Waals surface area (Å²) in [6, 6.07) is 3.36. The third-order valence-corrected chi connectivity index (χ3v) is 6.08. The molecular formula is C21H22ClNO4S. The molecule has 1 aliphatic heterocycles. The quantitative estimate of drug-likeness (QED) is 0.481.